The third-order valence-corrected chi connectivity index (χ3v) is 5.68. The van der Waals surface area contributed by atoms with Crippen molar-refractivity contribution in [2.75, 3.05) is 39.3 Å². The number of nitrogens with one attached hydrogen (secondary N) is 2. The van der Waals surface area contributed by atoms with E-state index in [4.69, 9.17) is 4.99 Å². The second-order valence-electron chi connectivity index (χ2n) is 7.95. The highest BCUT2D eigenvalue weighted by Gasteiger charge is 2.16. The summed E-state index contributed by atoms with van der Waals surface area (Å²) in [6, 6.07) is 21.2. The smallest absolute Gasteiger partial charge is 0.191 e. The largest absolute Gasteiger partial charge is 0.393 e. The molecule has 6 heteroatoms. The van der Waals surface area contributed by atoms with Crippen LogP contribution in [0.3, 0.4) is 0 Å². The molecule has 1 heterocycles. The summed E-state index contributed by atoms with van der Waals surface area (Å²) in [5.41, 5.74) is 2.58. The molecule has 0 radical (unpaired) electrons. The second-order valence-corrected chi connectivity index (χ2v) is 7.95. The summed E-state index contributed by atoms with van der Waals surface area (Å²) < 4.78 is 0. The third kappa shape index (κ3) is 8.79. The molecule has 1 aliphatic rings. The topological polar surface area (TPSA) is 59.9 Å². The standard InChI is InChI=1S/C25H36N4O.HI/c1-2-26-25(27-16-9-17-29-18-14-23(30)15-19-29)28-20-24(21-10-5-3-6-11-21)22-12-7-4-8-13-22;/h3-8,10-13,23-24,30H,2,9,14-20H2,1H3,(H2,26,27,28);1H. The molecule has 0 unspecified atom stereocenters. The Labute approximate surface area is 204 Å². The number of benzene rings is 2. The monoisotopic (exact) mass is 536 g/mol. The molecule has 0 aromatic heterocycles. The summed E-state index contributed by atoms with van der Waals surface area (Å²) in [7, 11) is 0. The van der Waals surface area contributed by atoms with Crippen LogP contribution in [0.1, 0.15) is 43.2 Å². The summed E-state index contributed by atoms with van der Waals surface area (Å²) in [5.74, 6) is 1.12. The highest BCUT2D eigenvalue weighted by Crippen LogP contribution is 2.24. The number of nitrogens with zero attached hydrogens (tertiary/aromatic N) is 2. The van der Waals surface area contributed by atoms with Gasteiger partial charge in [-0.3, -0.25) is 4.99 Å². The summed E-state index contributed by atoms with van der Waals surface area (Å²) in [6.45, 7) is 7.62. The third-order valence-electron chi connectivity index (χ3n) is 5.68. The van der Waals surface area contributed by atoms with Gasteiger partial charge in [-0.1, -0.05) is 60.7 Å². The van der Waals surface area contributed by atoms with Gasteiger partial charge in [0.2, 0.25) is 0 Å². The lowest BCUT2D eigenvalue weighted by molar-refractivity contribution is 0.0823. The Morgan fingerprint density at radius 3 is 2.13 bits per heavy atom. The number of hydrogen-bond acceptors (Lipinski definition) is 3. The molecule has 0 bridgehead atoms. The maximum Gasteiger partial charge on any atom is 0.191 e. The first kappa shape index (κ1) is 25.6. The molecule has 2 aromatic rings. The molecule has 5 nitrogen and oxygen atoms in total. The van der Waals surface area contributed by atoms with Gasteiger partial charge in [0.1, 0.15) is 0 Å². The molecule has 2 aromatic carbocycles. The van der Waals surface area contributed by atoms with Gasteiger partial charge in [0.15, 0.2) is 5.96 Å². The minimum Gasteiger partial charge on any atom is -0.393 e. The fourth-order valence-electron chi connectivity index (χ4n) is 3.95. The van der Waals surface area contributed by atoms with E-state index in [1.807, 2.05) is 0 Å². The first-order valence-electron chi connectivity index (χ1n) is 11.3. The van der Waals surface area contributed by atoms with E-state index in [0.29, 0.717) is 6.54 Å². The molecule has 0 amide bonds. The molecule has 0 saturated carbocycles. The van der Waals surface area contributed by atoms with Gasteiger partial charge >= 0.3 is 0 Å². The molecule has 31 heavy (non-hydrogen) atoms. The van der Waals surface area contributed by atoms with Gasteiger partial charge in [-0.15, -0.1) is 24.0 Å². The zero-order valence-electron chi connectivity index (χ0n) is 18.5. The van der Waals surface area contributed by atoms with E-state index in [2.05, 4.69) is 83.1 Å². The van der Waals surface area contributed by atoms with Crippen molar-refractivity contribution in [2.45, 2.75) is 38.2 Å². The van der Waals surface area contributed by atoms with Crippen LogP contribution in [0.2, 0.25) is 0 Å². The van der Waals surface area contributed by atoms with Gasteiger partial charge in [0.25, 0.3) is 0 Å². The lowest BCUT2D eigenvalue weighted by atomic mass is 9.91. The van der Waals surface area contributed by atoms with E-state index in [0.717, 1.165) is 57.9 Å². The number of rotatable bonds is 9. The Morgan fingerprint density at radius 1 is 1.00 bits per heavy atom. The molecule has 1 saturated heterocycles. The molecule has 170 valence electrons. The van der Waals surface area contributed by atoms with Crippen LogP contribution in [0.15, 0.2) is 65.7 Å². The number of halogens is 1. The summed E-state index contributed by atoms with van der Waals surface area (Å²) in [6.07, 6.45) is 2.77. The van der Waals surface area contributed by atoms with Crippen molar-refractivity contribution in [1.82, 2.24) is 15.5 Å². The maximum atomic E-state index is 9.64. The minimum atomic E-state index is -0.103. The highest BCUT2D eigenvalue weighted by atomic mass is 127. The Bertz CT molecular complexity index is 709. The van der Waals surface area contributed by atoms with Crippen molar-refractivity contribution >= 4 is 29.9 Å². The summed E-state index contributed by atoms with van der Waals surface area (Å²) in [5, 5.41) is 16.5. The van der Waals surface area contributed by atoms with Gasteiger partial charge in [-0.25, -0.2) is 0 Å². The first-order chi connectivity index (χ1) is 14.8. The van der Waals surface area contributed by atoms with Crippen LogP contribution in [-0.4, -0.2) is 61.3 Å². The van der Waals surface area contributed by atoms with Gasteiger partial charge in [0.05, 0.1) is 12.6 Å². The average molecular weight is 537 g/mol. The van der Waals surface area contributed by atoms with Crippen LogP contribution < -0.4 is 10.6 Å². The molecule has 3 rings (SSSR count). The van der Waals surface area contributed by atoms with Gasteiger partial charge < -0.3 is 20.6 Å². The second kappa shape index (κ2) is 14.4. The lowest BCUT2D eigenvalue weighted by Gasteiger charge is -2.29. The number of hydrogen-bond donors (Lipinski definition) is 3. The normalized spacial score (nSPS) is 15.5. The van der Waals surface area contributed by atoms with E-state index in [9.17, 15) is 5.11 Å². The first-order valence-corrected chi connectivity index (χ1v) is 11.3. The number of aliphatic imine (C=N–C) groups is 1. The van der Waals surface area contributed by atoms with Crippen LogP contribution in [0, 0.1) is 0 Å². The van der Waals surface area contributed by atoms with Crippen molar-refractivity contribution in [1.29, 1.82) is 0 Å². The zero-order valence-corrected chi connectivity index (χ0v) is 20.9. The molecule has 0 spiro atoms. The number of aliphatic hydroxyl groups is 1. The van der Waals surface area contributed by atoms with E-state index in [-0.39, 0.29) is 36.0 Å². The fourth-order valence-corrected chi connectivity index (χ4v) is 3.95. The van der Waals surface area contributed by atoms with E-state index in [1.54, 1.807) is 0 Å². The average Bonchev–Trinajstić information content (AvgIpc) is 2.79. The van der Waals surface area contributed by atoms with Crippen molar-refractivity contribution in [3.8, 4) is 0 Å². The Kier molecular flexibility index (Phi) is 11.9. The molecule has 1 fully saturated rings. The highest BCUT2D eigenvalue weighted by molar-refractivity contribution is 14.0. The Balaban J connectivity index is 0.00000341. The van der Waals surface area contributed by atoms with Crippen LogP contribution in [-0.2, 0) is 0 Å². The zero-order chi connectivity index (χ0) is 21.0. The predicted octanol–water partition coefficient (Wildman–Crippen LogP) is 3.84. The van der Waals surface area contributed by atoms with Gasteiger partial charge in [-0.05, 0) is 43.9 Å². The number of aliphatic hydroxyl groups excluding tert-OH is 1. The van der Waals surface area contributed by atoms with Crippen LogP contribution >= 0.6 is 24.0 Å². The Morgan fingerprint density at radius 2 is 1.58 bits per heavy atom. The fraction of sp³-hybridized carbons (Fsp3) is 0.480. The van der Waals surface area contributed by atoms with Crippen molar-refractivity contribution in [2.24, 2.45) is 4.99 Å². The number of likely N-dealkylation sites (tertiary alicyclic amines) is 1. The maximum absolute atomic E-state index is 9.64. The quantitative estimate of drug-likeness (QED) is 0.197. The SMILES string of the molecule is CCNC(=NCC(c1ccccc1)c1ccccc1)NCCCN1CCC(O)CC1.I. The lowest BCUT2D eigenvalue weighted by Crippen LogP contribution is -2.40. The minimum absolute atomic E-state index is 0. The Hall–Kier alpha value is -1.64. The molecular formula is C25H37IN4O. The van der Waals surface area contributed by atoms with Gasteiger partial charge in [-0.2, -0.15) is 0 Å². The predicted molar refractivity (Wildman–Crippen MR) is 140 cm³/mol. The van der Waals surface area contributed by atoms with E-state index >= 15 is 0 Å². The summed E-state index contributed by atoms with van der Waals surface area (Å²) >= 11 is 0. The molecular weight excluding hydrogens is 499 g/mol. The molecule has 1 aliphatic heterocycles. The molecule has 0 atom stereocenters. The van der Waals surface area contributed by atoms with Gasteiger partial charge in [0, 0.05) is 32.1 Å². The summed E-state index contributed by atoms with van der Waals surface area (Å²) in [4.78, 5) is 7.35. The van der Waals surface area contributed by atoms with Crippen molar-refractivity contribution in [3.05, 3.63) is 71.8 Å². The van der Waals surface area contributed by atoms with Crippen LogP contribution in [0.25, 0.3) is 0 Å². The number of guanidine groups is 1. The van der Waals surface area contributed by atoms with Crippen molar-refractivity contribution in [3.63, 3.8) is 0 Å². The van der Waals surface area contributed by atoms with Crippen molar-refractivity contribution < 1.29 is 5.11 Å². The van der Waals surface area contributed by atoms with Crippen LogP contribution in [0.4, 0.5) is 0 Å². The van der Waals surface area contributed by atoms with Crippen LogP contribution in [0.5, 0.6) is 0 Å². The molecule has 3 N–H and O–H groups in total. The number of piperidine rings is 1. The molecule has 0 aliphatic carbocycles. The van der Waals surface area contributed by atoms with E-state index in [1.165, 1.54) is 11.1 Å². The van der Waals surface area contributed by atoms with E-state index < -0.39 is 0 Å².